The molecule has 0 bridgehead atoms. The van der Waals surface area contributed by atoms with Crippen molar-refractivity contribution in [2.24, 2.45) is 0 Å². The predicted octanol–water partition coefficient (Wildman–Crippen LogP) is 6.01. The number of benzene rings is 4. The van der Waals surface area contributed by atoms with Gasteiger partial charge in [0.05, 0.1) is 13.0 Å². The molecular weight excluding hydrogens is 458 g/mol. The largest absolute Gasteiger partial charge is 0.341 e. The summed E-state index contributed by atoms with van der Waals surface area (Å²) in [5, 5.41) is 0. The van der Waals surface area contributed by atoms with E-state index in [0.717, 1.165) is 16.7 Å². The number of carbonyl (C=O) groups excluding carboxylic acids is 2. The van der Waals surface area contributed by atoms with Gasteiger partial charge < -0.3 is 9.80 Å². The second-order valence-electron chi connectivity index (χ2n) is 8.61. The lowest BCUT2D eigenvalue weighted by Gasteiger charge is -2.24. The number of hydrogen-bond donors (Lipinski definition) is 0. The van der Waals surface area contributed by atoms with Crippen LogP contribution in [0.15, 0.2) is 103 Å². The fourth-order valence-corrected chi connectivity index (χ4v) is 3.88. The molecule has 0 N–H and O–H groups in total. The lowest BCUT2D eigenvalue weighted by molar-refractivity contribution is -0.129. The molecule has 0 aliphatic rings. The van der Waals surface area contributed by atoms with E-state index in [-0.39, 0.29) is 36.2 Å². The van der Waals surface area contributed by atoms with Crippen LogP contribution in [0.1, 0.15) is 27.0 Å². The van der Waals surface area contributed by atoms with Gasteiger partial charge in [0.2, 0.25) is 5.91 Å². The van der Waals surface area contributed by atoms with Crippen molar-refractivity contribution in [3.63, 3.8) is 0 Å². The maximum absolute atomic E-state index is 13.8. The van der Waals surface area contributed by atoms with Crippen molar-refractivity contribution in [1.29, 1.82) is 0 Å². The van der Waals surface area contributed by atoms with Crippen LogP contribution in [0.25, 0.3) is 0 Å². The van der Waals surface area contributed by atoms with Crippen LogP contribution in [0.5, 0.6) is 0 Å². The van der Waals surface area contributed by atoms with Crippen molar-refractivity contribution in [1.82, 2.24) is 4.90 Å². The standard InChI is InChI=1S/C30H26F2N2O2/c1-33(20-23-6-3-2-4-7-23)29(35)18-22-12-16-28(17-13-22)34(21-24-10-14-26(31)15-11-24)30(36)25-8-5-9-27(32)19-25/h2-17,19H,18,20-21H2,1H3. The first-order valence-corrected chi connectivity index (χ1v) is 11.6. The molecule has 0 saturated heterocycles. The van der Waals surface area contributed by atoms with Crippen molar-refractivity contribution in [2.75, 3.05) is 11.9 Å². The second kappa shape index (κ2) is 11.4. The van der Waals surface area contributed by atoms with Gasteiger partial charge in [-0.15, -0.1) is 0 Å². The lowest BCUT2D eigenvalue weighted by atomic mass is 10.1. The maximum atomic E-state index is 13.8. The molecule has 0 heterocycles. The smallest absolute Gasteiger partial charge is 0.258 e. The molecule has 0 spiro atoms. The molecule has 4 rings (SSSR count). The molecule has 0 aliphatic carbocycles. The summed E-state index contributed by atoms with van der Waals surface area (Å²) in [4.78, 5) is 29.2. The molecule has 2 amide bonds. The summed E-state index contributed by atoms with van der Waals surface area (Å²) in [6.45, 7) is 0.694. The van der Waals surface area contributed by atoms with E-state index in [2.05, 4.69) is 0 Å². The summed E-state index contributed by atoms with van der Waals surface area (Å²) >= 11 is 0. The Morgan fingerprint density at radius 1 is 0.667 bits per heavy atom. The van der Waals surface area contributed by atoms with E-state index in [4.69, 9.17) is 0 Å². The Labute approximate surface area is 209 Å². The van der Waals surface area contributed by atoms with Crippen LogP contribution in [-0.4, -0.2) is 23.8 Å². The Hall–Kier alpha value is -4.32. The van der Waals surface area contributed by atoms with E-state index in [1.165, 1.54) is 35.2 Å². The lowest BCUT2D eigenvalue weighted by Crippen LogP contribution is -2.30. The third-order valence-corrected chi connectivity index (χ3v) is 5.86. The number of likely N-dealkylation sites (N-methyl/N-ethyl adjacent to an activating group) is 1. The Morgan fingerprint density at radius 3 is 1.97 bits per heavy atom. The molecule has 4 aromatic rings. The number of amides is 2. The highest BCUT2D eigenvalue weighted by atomic mass is 19.1. The summed E-state index contributed by atoms with van der Waals surface area (Å²) in [7, 11) is 1.77. The quantitative estimate of drug-likeness (QED) is 0.307. The first kappa shape index (κ1) is 24.8. The Bertz CT molecular complexity index is 1320. The summed E-state index contributed by atoms with van der Waals surface area (Å²) in [5.74, 6) is -1.28. The second-order valence-corrected chi connectivity index (χ2v) is 8.61. The first-order chi connectivity index (χ1) is 17.4. The fraction of sp³-hybridized carbons (Fsp3) is 0.133. The number of carbonyl (C=O) groups is 2. The van der Waals surface area contributed by atoms with Crippen LogP contribution >= 0.6 is 0 Å². The van der Waals surface area contributed by atoms with Crippen LogP contribution in [-0.2, 0) is 24.3 Å². The normalized spacial score (nSPS) is 10.6. The van der Waals surface area contributed by atoms with Gasteiger partial charge in [-0.2, -0.15) is 0 Å². The highest BCUT2D eigenvalue weighted by Gasteiger charge is 2.19. The summed E-state index contributed by atoms with van der Waals surface area (Å²) in [6, 6.07) is 28.3. The third kappa shape index (κ3) is 6.42. The van der Waals surface area contributed by atoms with Crippen LogP contribution in [0.2, 0.25) is 0 Å². The maximum Gasteiger partial charge on any atom is 0.258 e. The van der Waals surface area contributed by atoms with Crippen molar-refractivity contribution >= 4 is 17.5 Å². The summed E-state index contributed by atoms with van der Waals surface area (Å²) in [5.41, 5.74) is 3.38. The van der Waals surface area contributed by atoms with Crippen molar-refractivity contribution in [3.8, 4) is 0 Å². The van der Waals surface area contributed by atoms with E-state index in [1.807, 2.05) is 30.3 Å². The number of halogens is 2. The minimum Gasteiger partial charge on any atom is -0.341 e. The number of anilines is 1. The van der Waals surface area contributed by atoms with E-state index in [9.17, 15) is 18.4 Å². The van der Waals surface area contributed by atoms with Crippen molar-refractivity contribution < 1.29 is 18.4 Å². The van der Waals surface area contributed by atoms with E-state index in [0.29, 0.717) is 12.2 Å². The highest BCUT2D eigenvalue weighted by molar-refractivity contribution is 6.06. The average Bonchev–Trinajstić information content (AvgIpc) is 2.89. The van der Waals surface area contributed by atoms with Gasteiger partial charge in [-0.25, -0.2) is 8.78 Å². The van der Waals surface area contributed by atoms with Gasteiger partial charge in [-0.05, 0) is 59.2 Å². The molecular formula is C30H26F2N2O2. The molecule has 0 radical (unpaired) electrons. The molecule has 0 saturated carbocycles. The molecule has 6 heteroatoms. The van der Waals surface area contributed by atoms with Gasteiger partial charge in [-0.3, -0.25) is 9.59 Å². The van der Waals surface area contributed by atoms with Gasteiger partial charge >= 0.3 is 0 Å². The zero-order chi connectivity index (χ0) is 25.5. The van der Waals surface area contributed by atoms with Gasteiger partial charge in [0.1, 0.15) is 11.6 Å². The minimum atomic E-state index is -0.504. The van der Waals surface area contributed by atoms with Gasteiger partial charge in [-0.1, -0.05) is 60.7 Å². The molecule has 4 nitrogen and oxygen atoms in total. The molecule has 0 aromatic heterocycles. The van der Waals surface area contributed by atoms with Crippen LogP contribution < -0.4 is 4.90 Å². The molecule has 0 aliphatic heterocycles. The molecule has 182 valence electrons. The minimum absolute atomic E-state index is 0.0226. The molecule has 0 fully saturated rings. The number of rotatable bonds is 8. The van der Waals surface area contributed by atoms with E-state index in [1.54, 1.807) is 54.4 Å². The van der Waals surface area contributed by atoms with E-state index < -0.39 is 5.82 Å². The van der Waals surface area contributed by atoms with Gasteiger partial charge in [0.15, 0.2) is 0 Å². The fourth-order valence-electron chi connectivity index (χ4n) is 3.88. The van der Waals surface area contributed by atoms with Gasteiger partial charge in [0.25, 0.3) is 5.91 Å². The van der Waals surface area contributed by atoms with Crippen molar-refractivity contribution in [2.45, 2.75) is 19.5 Å². The first-order valence-electron chi connectivity index (χ1n) is 11.6. The molecule has 0 atom stereocenters. The summed E-state index contributed by atoms with van der Waals surface area (Å²) < 4.78 is 27.2. The average molecular weight is 485 g/mol. The van der Waals surface area contributed by atoms with Crippen LogP contribution in [0, 0.1) is 11.6 Å². The van der Waals surface area contributed by atoms with Crippen molar-refractivity contribution in [3.05, 3.63) is 137 Å². The van der Waals surface area contributed by atoms with E-state index >= 15 is 0 Å². The predicted molar refractivity (Wildman–Crippen MR) is 136 cm³/mol. The Morgan fingerprint density at radius 2 is 1.31 bits per heavy atom. The summed E-state index contributed by atoms with van der Waals surface area (Å²) in [6.07, 6.45) is 0.222. The zero-order valence-corrected chi connectivity index (χ0v) is 19.9. The SMILES string of the molecule is CN(Cc1ccccc1)C(=O)Cc1ccc(N(Cc2ccc(F)cc2)C(=O)c2cccc(F)c2)cc1. The Kier molecular flexibility index (Phi) is 7.85. The van der Waals surface area contributed by atoms with Crippen LogP contribution in [0.3, 0.4) is 0 Å². The highest BCUT2D eigenvalue weighted by Crippen LogP contribution is 2.22. The topological polar surface area (TPSA) is 40.6 Å². The monoisotopic (exact) mass is 484 g/mol. The molecule has 4 aromatic carbocycles. The third-order valence-electron chi connectivity index (χ3n) is 5.86. The number of hydrogen-bond acceptors (Lipinski definition) is 2. The Balaban J connectivity index is 1.52. The molecule has 36 heavy (non-hydrogen) atoms. The van der Waals surface area contributed by atoms with Gasteiger partial charge in [0, 0.05) is 24.8 Å². The number of nitrogens with zero attached hydrogens (tertiary/aromatic N) is 2. The zero-order valence-electron chi connectivity index (χ0n) is 19.9. The van der Waals surface area contributed by atoms with Crippen LogP contribution in [0.4, 0.5) is 14.5 Å². The molecule has 0 unspecified atom stereocenters.